The predicted molar refractivity (Wildman–Crippen MR) is 283 cm³/mol. The average Bonchev–Trinajstić information content (AvgIpc) is 0.760. The van der Waals surface area contributed by atoms with Crippen LogP contribution in [0.5, 0.6) is 0 Å². The van der Waals surface area contributed by atoms with Gasteiger partial charge in [0.25, 0.3) is 11.6 Å². The van der Waals surface area contributed by atoms with E-state index in [-0.39, 0.29) is 0 Å². The van der Waals surface area contributed by atoms with Crippen LogP contribution in [-0.2, 0) is 80.9 Å². The third kappa shape index (κ3) is 17.1. The van der Waals surface area contributed by atoms with Crippen LogP contribution in [0.3, 0.4) is 0 Å². The zero-order chi connectivity index (χ0) is 69.5. The van der Waals surface area contributed by atoms with Crippen LogP contribution in [0.15, 0.2) is 0 Å². The topological polar surface area (TPSA) is 697 Å². The first-order valence-corrected chi connectivity index (χ1v) is 28.7. The maximum absolute atomic E-state index is 13.6. The highest BCUT2D eigenvalue weighted by Crippen LogP contribution is 2.42. The second kappa shape index (κ2) is 33.2. The van der Waals surface area contributed by atoms with Crippen molar-refractivity contribution in [3.05, 3.63) is 0 Å². The summed E-state index contributed by atoms with van der Waals surface area (Å²) in [5, 5.41) is 247. The Balaban J connectivity index is 1.29. The van der Waals surface area contributed by atoms with Crippen molar-refractivity contribution >= 4 is 35.6 Å². The second-order valence-corrected chi connectivity index (χ2v) is 22.6. The lowest BCUT2D eigenvalue weighted by molar-refractivity contribution is -0.390. The second-order valence-electron chi connectivity index (χ2n) is 22.6. The zero-order valence-corrected chi connectivity index (χ0v) is 49.2. The number of carboxylic acid groups (broad SMARTS) is 2. The van der Waals surface area contributed by atoms with Crippen molar-refractivity contribution in [2.75, 3.05) is 52.9 Å². The van der Waals surface area contributed by atoms with Crippen LogP contribution >= 0.6 is 0 Å². The van der Waals surface area contributed by atoms with Crippen LogP contribution in [0.1, 0.15) is 26.7 Å². The van der Waals surface area contributed by atoms with E-state index in [2.05, 4.69) is 10.6 Å². The third-order valence-corrected chi connectivity index (χ3v) is 16.2. The number of ether oxygens (including phenoxy) is 11. The molecule has 536 valence electrons. The Kier molecular flexibility index (Phi) is 27.7. The van der Waals surface area contributed by atoms with Crippen LogP contribution in [0.4, 0.5) is 0 Å². The molecule has 32 atom stereocenters. The number of carbonyl (C=O) groups excluding carboxylic acids is 4. The average molecular weight is 1360 g/mol. The molecule has 0 aromatic carbocycles. The summed E-state index contributed by atoms with van der Waals surface area (Å²) in [7, 11) is 0. The summed E-state index contributed by atoms with van der Waals surface area (Å²) in [5.74, 6) is -15.9. The molecule has 4 amide bonds. The Bertz CT molecular complexity index is 2480. The Morgan fingerprint density at radius 2 is 0.871 bits per heavy atom. The first kappa shape index (κ1) is 77.6. The zero-order valence-electron chi connectivity index (χ0n) is 49.2. The van der Waals surface area contributed by atoms with Crippen LogP contribution in [-0.4, -0.2) is 396 Å². The van der Waals surface area contributed by atoms with E-state index < -0.39 is 296 Å². The molecule has 43 heteroatoms. The van der Waals surface area contributed by atoms with Crippen LogP contribution in [0, 0.1) is 0 Å². The van der Waals surface area contributed by atoms with E-state index in [1.807, 2.05) is 10.6 Å². The number of aliphatic hydroxyl groups is 20. The summed E-state index contributed by atoms with van der Waals surface area (Å²) in [6.45, 7) is -8.03. The molecule has 43 nitrogen and oxygen atoms in total. The van der Waals surface area contributed by atoms with Gasteiger partial charge in [0, 0.05) is 26.7 Å². The molecular weight excluding hydrogens is 1280 g/mol. The summed E-state index contributed by atoms with van der Waals surface area (Å²) >= 11 is 0. The fraction of sp³-hybridized carbons (Fsp3) is 0.880. The number of carboxylic acids is 2. The summed E-state index contributed by atoms with van der Waals surface area (Å²) in [4.78, 5) is 76.3. The molecule has 26 N–H and O–H groups in total. The number of aliphatic hydroxyl groups excluding tert-OH is 20. The summed E-state index contributed by atoms with van der Waals surface area (Å²) < 4.78 is 62.6. The molecule has 6 heterocycles. The number of aliphatic carboxylic acids is 2. The van der Waals surface area contributed by atoms with Gasteiger partial charge in [-0.25, -0.2) is 9.59 Å². The molecule has 0 aromatic rings. The Morgan fingerprint density at radius 3 is 1.32 bits per heavy atom. The largest absolute Gasteiger partial charge is 0.477 e. The van der Waals surface area contributed by atoms with Gasteiger partial charge in [0.05, 0.1) is 63.9 Å². The Labute approximate surface area is 523 Å². The Hall–Kier alpha value is -4.42. The van der Waals surface area contributed by atoms with Gasteiger partial charge in [0.2, 0.25) is 23.6 Å². The fourth-order valence-corrected chi connectivity index (χ4v) is 11.5. The molecule has 6 aliphatic heterocycles. The minimum Gasteiger partial charge on any atom is -0.477 e. The van der Waals surface area contributed by atoms with Gasteiger partial charge < -0.3 is 186 Å². The van der Waals surface area contributed by atoms with E-state index >= 15 is 0 Å². The Morgan fingerprint density at radius 1 is 0.462 bits per heavy atom. The van der Waals surface area contributed by atoms with Crippen molar-refractivity contribution in [2.45, 2.75) is 222 Å². The maximum Gasteiger partial charge on any atom is 0.364 e. The highest BCUT2D eigenvalue weighted by Gasteiger charge is 2.63. The lowest BCUT2D eigenvalue weighted by atomic mass is 9.87. The molecule has 6 rings (SSSR count). The van der Waals surface area contributed by atoms with Gasteiger partial charge in [-0.3, -0.25) is 19.2 Å². The fourth-order valence-electron chi connectivity index (χ4n) is 11.5. The molecule has 0 radical (unpaired) electrons. The molecule has 6 aliphatic rings. The van der Waals surface area contributed by atoms with Crippen molar-refractivity contribution in [2.24, 2.45) is 0 Å². The molecule has 0 aromatic heterocycles. The van der Waals surface area contributed by atoms with E-state index in [9.17, 15) is 141 Å². The molecule has 0 saturated carbocycles. The van der Waals surface area contributed by atoms with Gasteiger partial charge in [-0.2, -0.15) is 0 Å². The molecule has 6 fully saturated rings. The van der Waals surface area contributed by atoms with E-state index in [1.54, 1.807) is 0 Å². The SMILES string of the molecule is CC(=O)N[C@@H]1[C@@H](O)[C@H](O[C@@H]2O[C@H](CO)[C@H](O)[C@H](O[C@@H]3O[C@H](CO)[C@@H](O[C@@H]4O[C@H](CO)[C@H](O)[C@H](O[C@]5(C(=O)O)C[C@H](O)[C@@H](NC(=O)CO)[C@H]([C@H](O)[C@@H](CO)O[C@]6(C(=O)O)C[C@H](O)[C@@H](NC(=O)CO)[C@H]([C@H](O)[C@H](O)CO)O6)O5)[C@H]4O)[C@H](O)[C@H]3NC(C)=O)[C@H]2O)[C@@H](CO)O[C@H]1O. The van der Waals surface area contributed by atoms with Gasteiger partial charge in [-0.05, 0) is 0 Å². The monoisotopic (exact) mass is 1360 g/mol. The standard InChI is InChI=1S/C50H82N4O39/c1-13(63)51-27-33(74)37(21(9-59)83-43(27)78)87-45-35(76)41(30(71)18(6-56)84-45)89-44-28(52-14(2)64)34(75)38(22(10-60)86-44)88-46-36(77)42(31(72)19(7-57)85-46)93-50(48(81)82)4-16(66)26(54-24(69)12-62)40(92-50)32(73)20(8-58)90-49(47(79)80)3-15(65)25(53-23(68)11-61)39(91-49)29(70)17(67)5-55/h15-22,25-46,55-62,65-67,70-78H,3-12H2,1-2H3,(H,51,63)(H,52,64)(H,53,68)(H,54,69)(H,79,80)(H,81,82)/t15-,16-,17+,18+,19+,20+,21+,22+,25+,26+,27+,28+,29+,30-,31-,32+,33+,34+,35+,36+,37+,38+,39+,40+,41-,42-,43+,44-,45-,46-,49+,50-/m0/s1. The molecule has 0 spiro atoms. The van der Waals surface area contributed by atoms with Crippen LogP contribution in [0.25, 0.3) is 0 Å². The minimum atomic E-state index is -3.57. The van der Waals surface area contributed by atoms with Gasteiger partial charge in [0.15, 0.2) is 25.2 Å². The van der Waals surface area contributed by atoms with Crippen LogP contribution in [0.2, 0.25) is 0 Å². The number of amides is 4. The van der Waals surface area contributed by atoms with Crippen molar-refractivity contribution in [1.82, 2.24) is 21.3 Å². The van der Waals surface area contributed by atoms with Gasteiger partial charge in [-0.1, -0.05) is 0 Å². The number of rotatable bonds is 28. The van der Waals surface area contributed by atoms with Gasteiger partial charge >= 0.3 is 11.9 Å². The number of nitrogens with one attached hydrogen (secondary N) is 4. The highest BCUT2D eigenvalue weighted by atomic mass is 16.8. The number of carbonyl (C=O) groups is 6. The predicted octanol–water partition coefficient (Wildman–Crippen LogP) is -17.2. The van der Waals surface area contributed by atoms with Crippen molar-refractivity contribution in [3.63, 3.8) is 0 Å². The maximum atomic E-state index is 13.6. The van der Waals surface area contributed by atoms with E-state index in [0.717, 1.165) is 13.8 Å². The third-order valence-electron chi connectivity index (χ3n) is 16.2. The summed E-state index contributed by atoms with van der Waals surface area (Å²) in [5.41, 5.74) is 0. The van der Waals surface area contributed by atoms with E-state index in [0.29, 0.717) is 0 Å². The van der Waals surface area contributed by atoms with Crippen molar-refractivity contribution in [1.29, 1.82) is 0 Å². The lowest BCUT2D eigenvalue weighted by Crippen LogP contribution is -2.72. The summed E-state index contributed by atoms with van der Waals surface area (Å²) in [6, 6.07) is -7.65. The quantitative estimate of drug-likeness (QED) is 0.0346. The highest BCUT2D eigenvalue weighted by molar-refractivity contribution is 5.79. The molecule has 0 bridgehead atoms. The van der Waals surface area contributed by atoms with Crippen LogP contribution < -0.4 is 21.3 Å². The smallest absolute Gasteiger partial charge is 0.364 e. The first-order valence-electron chi connectivity index (χ1n) is 28.7. The number of hydrogen-bond acceptors (Lipinski definition) is 37. The first-order chi connectivity index (χ1) is 43.8. The lowest BCUT2D eigenvalue weighted by Gasteiger charge is -2.52. The molecule has 93 heavy (non-hydrogen) atoms. The normalized spacial score (nSPS) is 42.8. The van der Waals surface area contributed by atoms with E-state index in [1.165, 1.54) is 0 Å². The minimum absolute atomic E-state index is 0.760. The van der Waals surface area contributed by atoms with E-state index in [4.69, 9.17) is 52.1 Å². The molecule has 0 unspecified atom stereocenters. The van der Waals surface area contributed by atoms with Crippen molar-refractivity contribution < 1.29 is 193 Å². The van der Waals surface area contributed by atoms with Gasteiger partial charge in [0.1, 0.15) is 147 Å². The summed E-state index contributed by atoms with van der Waals surface area (Å²) in [6.07, 6.45) is -60.2. The van der Waals surface area contributed by atoms with Crippen molar-refractivity contribution in [3.8, 4) is 0 Å². The van der Waals surface area contributed by atoms with Gasteiger partial charge in [-0.15, -0.1) is 0 Å². The molecule has 0 aliphatic carbocycles. The number of hydrogen-bond donors (Lipinski definition) is 26. The molecular formula is C50H82N4O39. The molecule has 6 saturated heterocycles.